The Labute approximate surface area is 145 Å². The van der Waals surface area contributed by atoms with Crippen molar-refractivity contribution in [2.45, 2.75) is 25.9 Å². The SMILES string of the molecule is O=C(O)c1ccc2c(c1)COc1cc3c(cc1-2)CCCC3=O.[Li]. The number of ether oxygens (including phenoxy) is 1. The largest absolute Gasteiger partial charge is 0.488 e. The number of ketones is 1. The van der Waals surface area contributed by atoms with Gasteiger partial charge in [0.2, 0.25) is 0 Å². The van der Waals surface area contributed by atoms with E-state index in [0.29, 0.717) is 18.8 Å². The first-order valence-electron chi connectivity index (χ1n) is 7.33. The molecule has 0 bridgehead atoms. The van der Waals surface area contributed by atoms with Crippen LogP contribution in [0.1, 0.15) is 44.7 Å². The standard InChI is InChI=1S/C18H14O4.Li/c19-16-3-1-2-10-7-15-13-5-4-11(18(20)21)6-12(13)9-22-17(15)8-14(10)16;/h4-8H,1-3,9H2,(H,20,21);. The van der Waals surface area contributed by atoms with Gasteiger partial charge >= 0.3 is 5.97 Å². The fraction of sp³-hybridized carbons (Fsp3) is 0.222. The number of hydrogen-bond donors (Lipinski definition) is 1. The molecule has 5 heteroatoms. The summed E-state index contributed by atoms with van der Waals surface area (Å²) < 4.78 is 5.75. The van der Waals surface area contributed by atoms with Crippen molar-refractivity contribution in [3.05, 3.63) is 52.6 Å². The van der Waals surface area contributed by atoms with E-state index in [1.807, 2.05) is 18.2 Å². The summed E-state index contributed by atoms with van der Waals surface area (Å²) in [5, 5.41) is 9.09. The Morgan fingerprint density at radius 2 is 1.83 bits per heavy atom. The average Bonchev–Trinajstić information content (AvgIpc) is 2.53. The summed E-state index contributed by atoms with van der Waals surface area (Å²) in [6.07, 6.45) is 2.39. The van der Waals surface area contributed by atoms with E-state index in [2.05, 4.69) is 0 Å². The number of benzene rings is 2. The van der Waals surface area contributed by atoms with Crippen molar-refractivity contribution in [2.24, 2.45) is 0 Å². The Bertz CT molecular complexity index is 826. The number of carboxylic acid groups (broad SMARTS) is 1. The molecular formula is C18H14LiO4. The van der Waals surface area contributed by atoms with Crippen LogP contribution >= 0.6 is 0 Å². The van der Waals surface area contributed by atoms with Crippen LogP contribution in [0.4, 0.5) is 0 Å². The Morgan fingerprint density at radius 3 is 2.61 bits per heavy atom. The number of aromatic carboxylic acids is 1. The summed E-state index contributed by atoms with van der Waals surface area (Å²) in [5.74, 6) is -0.0473. The van der Waals surface area contributed by atoms with Crippen LogP contribution in [0.25, 0.3) is 11.1 Å². The monoisotopic (exact) mass is 301 g/mol. The molecule has 23 heavy (non-hydrogen) atoms. The maximum Gasteiger partial charge on any atom is 0.335 e. The van der Waals surface area contributed by atoms with Gasteiger partial charge in [-0.1, -0.05) is 6.07 Å². The van der Waals surface area contributed by atoms with Gasteiger partial charge in [-0.3, -0.25) is 4.79 Å². The van der Waals surface area contributed by atoms with Crippen molar-refractivity contribution < 1.29 is 19.4 Å². The fourth-order valence-electron chi connectivity index (χ4n) is 3.26. The van der Waals surface area contributed by atoms with E-state index in [-0.39, 0.29) is 30.2 Å². The van der Waals surface area contributed by atoms with Crippen molar-refractivity contribution in [3.8, 4) is 16.9 Å². The van der Waals surface area contributed by atoms with E-state index < -0.39 is 5.97 Å². The third kappa shape index (κ3) is 2.58. The normalized spacial score (nSPS) is 14.7. The van der Waals surface area contributed by atoms with Crippen molar-refractivity contribution in [1.29, 1.82) is 0 Å². The average molecular weight is 301 g/mol. The molecule has 2 aromatic rings. The molecule has 1 aliphatic heterocycles. The third-order valence-corrected chi connectivity index (χ3v) is 4.38. The quantitative estimate of drug-likeness (QED) is 0.822. The van der Waals surface area contributed by atoms with E-state index in [0.717, 1.165) is 40.7 Å². The van der Waals surface area contributed by atoms with Gasteiger partial charge in [0.25, 0.3) is 0 Å². The van der Waals surface area contributed by atoms with Crippen molar-refractivity contribution in [1.82, 2.24) is 0 Å². The van der Waals surface area contributed by atoms with Crippen molar-refractivity contribution in [3.63, 3.8) is 0 Å². The van der Waals surface area contributed by atoms with Gasteiger partial charge in [0.05, 0.1) is 5.56 Å². The summed E-state index contributed by atoms with van der Waals surface area (Å²) >= 11 is 0. The number of carbonyl (C=O) groups excluding carboxylic acids is 1. The smallest absolute Gasteiger partial charge is 0.335 e. The molecule has 2 aliphatic rings. The molecule has 0 saturated carbocycles. The van der Waals surface area contributed by atoms with Crippen molar-refractivity contribution >= 4 is 30.6 Å². The first-order valence-corrected chi connectivity index (χ1v) is 7.33. The summed E-state index contributed by atoms with van der Waals surface area (Å²) in [4.78, 5) is 23.1. The second-order valence-electron chi connectivity index (χ2n) is 5.75. The van der Waals surface area contributed by atoms with Gasteiger partial charge < -0.3 is 9.84 Å². The van der Waals surface area contributed by atoms with E-state index >= 15 is 0 Å². The third-order valence-electron chi connectivity index (χ3n) is 4.38. The molecule has 1 heterocycles. The number of carbonyl (C=O) groups is 2. The maximum atomic E-state index is 12.0. The summed E-state index contributed by atoms with van der Waals surface area (Å²) in [6.45, 7) is 0.330. The number of rotatable bonds is 1. The van der Waals surface area contributed by atoms with Crippen LogP contribution in [0.5, 0.6) is 5.75 Å². The molecule has 0 fully saturated rings. The number of hydrogen-bond acceptors (Lipinski definition) is 3. The molecule has 0 amide bonds. The zero-order valence-electron chi connectivity index (χ0n) is 12.9. The van der Waals surface area contributed by atoms with Gasteiger partial charge in [-0.25, -0.2) is 4.79 Å². The van der Waals surface area contributed by atoms with E-state index in [4.69, 9.17) is 9.84 Å². The van der Waals surface area contributed by atoms with Crippen LogP contribution in [0.3, 0.4) is 0 Å². The minimum absolute atomic E-state index is 0. The van der Waals surface area contributed by atoms with E-state index in [9.17, 15) is 9.59 Å². The van der Waals surface area contributed by atoms with E-state index in [1.165, 1.54) is 0 Å². The molecule has 1 aliphatic carbocycles. The second-order valence-corrected chi connectivity index (χ2v) is 5.75. The van der Waals surface area contributed by atoms with Crippen LogP contribution < -0.4 is 4.74 Å². The van der Waals surface area contributed by atoms with Crippen molar-refractivity contribution in [2.75, 3.05) is 0 Å². The van der Waals surface area contributed by atoms with Gasteiger partial charge in [-0.2, -0.15) is 0 Å². The van der Waals surface area contributed by atoms with Crippen LogP contribution in [-0.2, 0) is 13.0 Å². The van der Waals surface area contributed by atoms with E-state index in [1.54, 1.807) is 12.1 Å². The minimum atomic E-state index is -0.940. The van der Waals surface area contributed by atoms with Crippen LogP contribution in [0.15, 0.2) is 30.3 Å². The van der Waals surface area contributed by atoms with Crippen LogP contribution in [0.2, 0.25) is 0 Å². The van der Waals surface area contributed by atoms with Gasteiger partial charge in [-0.15, -0.1) is 0 Å². The summed E-state index contributed by atoms with van der Waals surface area (Å²) in [7, 11) is 0. The number of aryl methyl sites for hydroxylation is 1. The Kier molecular flexibility index (Phi) is 4.05. The first-order chi connectivity index (χ1) is 10.6. The second kappa shape index (κ2) is 5.88. The van der Waals surface area contributed by atoms with Gasteiger partial charge in [-0.05, 0) is 53.8 Å². The topological polar surface area (TPSA) is 63.6 Å². The molecule has 2 aromatic carbocycles. The molecule has 4 nitrogen and oxygen atoms in total. The Morgan fingerprint density at radius 1 is 1.00 bits per heavy atom. The fourth-order valence-corrected chi connectivity index (χ4v) is 3.26. The molecule has 0 unspecified atom stereocenters. The van der Waals surface area contributed by atoms with Gasteiger partial charge in [0, 0.05) is 36.4 Å². The molecular weight excluding hydrogens is 287 g/mol. The zero-order chi connectivity index (χ0) is 15.3. The minimum Gasteiger partial charge on any atom is -0.488 e. The number of carboxylic acids is 1. The molecule has 111 valence electrons. The molecule has 0 spiro atoms. The molecule has 0 aromatic heterocycles. The number of fused-ring (bicyclic) bond motifs is 4. The first kappa shape index (κ1) is 15.9. The van der Waals surface area contributed by atoms with Gasteiger partial charge in [0.15, 0.2) is 5.78 Å². The summed E-state index contributed by atoms with van der Waals surface area (Å²) in [6, 6.07) is 8.98. The zero-order valence-corrected chi connectivity index (χ0v) is 12.9. The van der Waals surface area contributed by atoms with Gasteiger partial charge in [0.1, 0.15) is 12.4 Å². The maximum absolute atomic E-state index is 12.0. The predicted molar refractivity (Wildman–Crippen MR) is 86.2 cm³/mol. The summed E-state index contributed by atoms with van der Waals surface area (Å²) in [5.41, 5.74) is 4.91. The molecule has 0 saturated heterocycles. The predicted octanol–water partition coefficient (Wildman–Crippen LogP) is 3.08. The Balaban J connectivity index is 0.00000156. The number of Topliss-reactive ketones (excluding diaryl/α,β-unsaturated/α-hetero) is 1. The molecule has 0 atom stereocenters. The molecule has 4 rings (SSSR count). The molecule has 1 N–H and O–H groups in total. The molecule has 1 radical (unpaired) electrons. The van der Waals surface area contributed by atoms with Crippen LogP contribution in [-0.4, -0.2) is 35.7 Å². The van der Waals surface area contributed by atoms with Crippen LogP contribution in [0, 0.1) is 0 Å². The Hall–Kier alpha value is -2.02.